The maximum atomic E-state index is 12.0. The van der Waals surface area contributed by atoms with E-state index in [4.69, 9.17) is 5.73 Å². The summed E-state index contributed by atoms with van der Waals surface area (Å²) in [5.74, 6) is 0. The van der Waals surface area contributed by atoms with E-state index in [9.17, 15) is 4.79 Å². The maximum Gasteiger partial charge on any atom is 0.290 e. The third kappa shape index (κ3) is 1.98. The lowest BCUT2D eigenvalue weighted by atomic mass is 10.2. The standard InChI is InChI=1S/C13H17N3O/c1-3-11-12(14)13(17)16(15(11)2)9-10-7-5-4-6-8-10/h4-8H,3,9,14H2,1-2H3. The van der Waals surface area contributed by atoms with Crippen LogP contribution in [0.25, 0.3) is 0 Å². The van der Waals surface area contributed by atoms with E-state index in [1.54, 1.807) is 4.68 Å². The van der Waals surface area contributed by atoms with Crippen LogP contribution in [-0.4, -0.2) is 9.36 Å². The van der Waals surface area contributed by atoms with Crippen molar-refractivity contribution in [1.82, 2.24) is 9.36 Å². The summed E-state index contributed by atoms with van der Waals surface area (Å²) in [6.07, 6.45) is 0.763. The highest BCUT2D eigenvalue weighted by Crippen LogP contribution is 2.09. The van der Waals surface area contributed by atoms with Gasteiger partial charge in [0, 0.05) is 7.05 Å². The van der Waals surface area contributed by atoms with Crippen LogP contribution in [0.1, 0.15) is 18.2 Å². The number of hydrogen-bond acceptors (Lipinski definition) is 2. The van der Waals surface area contributed by atoms with Crippen molar-refractivity contribution in [2.24, 2.45) is 7.05 Å². The Morgan fingerprint density at radius 2 is 1.88 bits per heavy atom. The summed E-state index contributed by atoms with van der Waals surface area (Å²) in [4.78, 5) is 12.0. The molecule has 0 fully saturated rings. The second-order valence-corrected chi connectivity index (χ2v) is 4.09. The topological polar surface area (TPSA) is 53.0 Å². The van der Waals surface area contributed by atoms with Crippen molar-refractivity contribution in [2.45, 2.75) is 19.9 Å². The molecule has 1 aromatic carbocycles. The first-order valence-corrected chi connectivity index (χ1v) is 5.73. The molecule has 0 aliphatic rings. The zero-order chi connectivity index (χ0) is 12.4. The number of anilines is 1. The van der Waals surface area contributed by atoms with Gasteiger partial charge in [0.1, 0.15) is 5.69 Å². The van der Waals surface area contributed by atoms with Crippen LogP contribution in [-0.2, 0) is 20.0 Å². The minimum atomic E-state index is -0.104. The summed E-state index contributed by atoms with van der Waals surface area (Å²) in [7, 11) is 1.87. The van der Waals surface area contributed by atoms with Crippen molar-refractivity contribution < 1.29 is 0 Å². The van der Waals surface area contributed by atoms with Gasteiger partial charge in [-0.3, -0.25) is 9.48 Å². The van der Waals surface area contributed by atoms with Crippen molar-refractivity contribution in [2.75, 3.05) is 5.73 Å². The molecule has 4 heteroatoms. The fourth-order valence-electron chi connectivity index (χ4n) is 2.07. The van der Waals surface area contributed by atoms with E-state index >= 15 is 0 Å². The van der Waals surface area contributed by atoms with Gasteiger partial charge in [-0.1, -0.05) is 37.3 Å². The fourth-order valence-corrected chi connectivity index (χ4v) is 2.07. The molecular formula is C13H17N3O. The molecule has 0 saturated heterocycles. The Bertz CT molecular complexity index is 566. The number of benzene rings is 1. The molecule has 2 aromatic rings. The molecule has 0 unspecified atom stereocenters. The van der Waals surface area contributed by atoms with Gasteiger partial charge in [-0.2, -0.15) is 0 Å². The van der Waals surface area contributed by atoms with Crippen LogP contribution < -0.4 is 11.3 Å². The monoisotopic (exact) mass is 231 g/mol. The molecule has 17 heavy (non-hydrogen) atoms. The second kappa shape index (κ2) is 4.49. The van der Waals surface area contributed by atoms with Crippen LogP contribution in [0.5, 0.6) is 0 Å². The van der Waals surface area contributed by atoms with Gasteiger partial charge in [-0.25, -0.2) is 4.68 Å². The first-order valence-electron chi connectivity index (χ1n) is 5.73. The van der Waals surface area contributed by atoms with Gasteiger partial charge in [0.2, 0.25) is 0 Å². The van der Waals surface area contributed by atoms with Gasteiger partial charge in [-0.05, 0) is 12.0 Å². The van der Waals surface area contributed by atoms with Gasteiger partial charge in [0.05, 0.1) is 12.2 Å². The molecule has 0 radical (unpaired) electrons. The molecule has 1 aromatic heterocycles. The lowest BCUT2D eigenvalue weighted by Gasteiger charge is -2.08. The zero-order valence-corrected chi connectivity index (χ0v) is 10.2. The van der Waals surface area contributed by atoms with Crippen LogP contribution in [0.3, 0.4) is 0 Å². The lowest BCUT2D eigenvalue weighted by Crippen LogP contribution is -2.23. The van der Waals surface area contributed by atoms with E-state index in [2.05, 4.69) is 0 Å². The summed E-state index contributed by atoms with van der Waals surface area (Å²) in [5.41, 5.74) is 8.07. The molecule has 90 valence electrons. The molecule has 0 spiro atoms. The van der Waals surface area contributed by atoms with Crippen molar-refractivity contribution in [3.8, 4) is 0 Å². The maximum absolute atomic E-state index is 12.0. The van der Waals surface area contributed by atoms with Crippen molar-refractivity contribution in [3.05, 3.63) is 51.9 Å². The Balaban J connectivity index is 2.44. The highest BCUT2D eigenvalue weighted by molar-refractivity contribution is 5.41. The summed E-state index contributed by atoms with van der Waals surface area (Å²) in [6.45, 7) is 2.55. The van der Waals surface area contributed by atoms with E-state index in [0.29, 0.717) is 12.2 Å². The first-order chi connectivity index (χ1) is 8.15. The summed E-state index contributed by atoms with van der Waals surface area (Å²) >= 11 is 0. The van der Waals surface area contributed by atoms with Gasteiger partial charge in [0.15, 0.2) is 0 Å². The number of rotatable bonds is 3. The molecular weight excluding hydrogens is 214 g/mol. The summed E-state index contributed by atoms with van der Waals surface area (Å²) in [6, 6.07) is 9.90. The molecule has 0 amide bonds. The van der Waals surface area contributed by atoms with Crippen LogP contribution >= 0.6 is 0 Å². The Hall–Kier alpha value is -1.97. The zero-order valence-electron chi connectivity index (χ0n) is 10.2. The lowest BCUT2D eigenvalue weighted by molar-refractivity contribution is 0.520. The number of nitrogens with two attached hydrogens (primary N) is 1. The van der Waals surface area contributed by atoms with Gasteiger partial charge in [-0.15, -0.1) is 0 Å². The fraction of sp³-hybridized carbons (Fsp3) is 0.308. The number of nitrogen functional groups attached to an aromatic ring is 1. The van der Waals surface area contributed by atoms with Gasteiger partial charge >= 0.3 is 0 Å². The largest absolute Gasteiger partial charge is 0.393 e. The van der Waals surface area contributed by atoms with Gasteiger partial charge in [0.25, 0.3) is 5.56 Å². The quantitative estimate of drug-likeness (QED) is 0.867. The number of nitrogens with zero attached hydrogens (tertiary/aromatic N) is 2. The van der Waals surface area contributed by atoms with Crippen LogP contribution in [0.2, 0.25) is 0 Å². The van der Waals surface area contributed by atoms with Crippen molar-refractivity contribution in [3.63, 3.8) is 0 Å². The Labute approximate surface area is 100 Å². The van der Waals surface area contributed by atoms with E-state index < -0.39 is 0 Å². The highest BCUT2D eigenvalue weighted by atomic mass is 16.1. The molecule has 0 bridgehead atoms. The van der Waals surface area contributed by atoms with Gasteiger partial charge < -0.3 is 5.73 Å². The molecule has 0 saturated carbocycles. The summed E-state index contributed by atoms with van der Waals surface area (Å²) in [5, 5.41) is 0. The summed E-state index contributed by atoms with van der Waals surface area (Å²) < 4.78 is 3.52. The minimum absolute atomic E-state index is 0.104. The predicted octanol–water partition coefficient (Wildman–Crippen LogP) is 1.38. The first kappa shape index (κ1) is 11.5. The molecule has 1 heterocycles. The third-order valence-electron chi connectivity index (χ3n) is 3.04. The van der Waals surface area contributed by atoms with E-state index in [1.165, 1.54) is 0 Å². The Morgan fingerprint density at radius 3 is 2.41 bits per heavy atom. The third-order valence-corrected chi connectivity index (χ3v) is 3.04. The van der Waals surface area contributed by atoms with Crippen molar-refractivity contribution in [1.29, 1.82) is 0 Å². The number of aromatic nitrogens is 2. The number of hydrogen-bond donors (Lipinski definition) is 1. The van der Waals surface area contributed by atoms with Crippen LogP contribution in [0.4, 0.5) is 5.69 Å². The molecule has 0 aliphatic heterocycles. The van der Waals surface area contributed by atoms with Crippen molar-refractivity contribution >= 4 is 5.69 Å². The minimum Gasteiger partial charge on any atom is -0.393 e. The molecule has 0 aliphatic carbocycles. The highest BCUT2D eigenvalue weighted by Gasteiger charge is 2.13. The molecule has 2 N–H and O–H groups in total. The normalized spacial score (nSPS) is 10.7. The average Bonchev–Trinajstić information content (AvgIpc) is 2.55. The Kier molecular flexibility index (Phi) is 3.04. The molecule has 0 atom stereocenters. The SMILES string of the molecule is CCc1c(N)c(=O)n(Cc2ccccc2)n1C. The predicted molar refractivity (Wildman–Crippen MR) is 69.0 cm³/mol. The van der Waals surface area contributed by atoms with E-state index in [-0.39, 0.29) is 5.56 Å². The molecule has 2 rings (SSSR count). The van der Waals surface area contributed by atoms with E-state index in [1.807, 2.05) is 49.0 Å². The second-order valence-electron chi connectivity index (χ2n) is 4.09. The van der Waals surface area contributed by atoms with Crippen LogP contribution in [0, 0.1) is 0 Å². The molecule has 4 nitrogen and oxygen atoms in total. The average molecular weight is 231 g/mol. The Morgan fingerprint density at radius 1 is 1.24 bits per heavy atom. The van der Waals surface area contributed by atoms with Crippen LogP contribution in [0.15, 0.2) is 35.1 Å². The smallest absolute Gasteiger partial charge is 0.290 e. The van der Waals surface area contributed by atoms with E-state index in [0.717, 1.165) is 17.7 Å².